The molecule has 0 aliphatic carbocycles. The minimum absolute atomic E-state index is 0.294. The third kappa shape index (κ3) is 4.86. The number of sulfonamides is 1. The number of benzene rings is 2. The summed E-state index contributed by atoms with van der Waals surface area (Å²) in [6.45, 7) is 12.1. The number of rotatable bonds is 7. The summed E-state index contributed by atoms with van der Waals surface area (Å²) >= 11 is 0. The van der Waals surface area contributed by atoms with Crippen LogP contribution in [0.25, 0.3) is 0 Å². The number of hydrogen-bond acceptors (Lipinski definition) is 3. The fraction of sp³-hybridized carbons (Fsp3) is 0.455. The summed E-state index contributed by atoms with van der Waals surface area (Å²) in [6.07, 6.45) is 1.03. The van der Waals surface area contributed by atoms with Gasteiger partial charge in [0.2, 0.25) is 0 Å². The Hall–Kier alpha value is -2.05. The zero-order chi connectivity index (χ0) is 20.1. The number of nitrogens with zero attached hydrogens (tertiary/aromatic N) is 1. The molecule has 1 aliphatic heterocycles. The molecule has 0 unspecified atom stereocenters. The summed E-state index contributed by atoms with van der Waals surface area (Å²) in [4.78, 5) is 4.30. The van der Waals surface area contributed by atoms with E-state index in [1.807, 2.05) is 36.4 Å². The van der Waals surface area contributed by atoms with Crippen LogP contribution in [0.5, 0.6) is 0 Å². The Morgan fingerprint density at radius 1 is 1.00 bits per heavy atom. The van der Waals surface area contributed by atoms with Crippen molar-refractivity contribution in [2.45, 2.75) is 38.0 Å². The third-order valence-corrected chi connectivity index (χ3v) is 7.22. The molecule has 1 saturated heterocycles. The second kappa shape index (κ2) is 8.97. The van der Waals surface area contributed by atoms with Gasteiger partial charge >= 0.3 is 0 Å². The van der Waals surface area contributed by atoms with Crippen LogP contribution in [-0.4, -0.2) is 41.1 Å². The summed E-state index contributed by atoms with van der Waals surface area (Å²) in [5, 5.41) is 0. The van der Waals surface area contributed by atoms with Gasteiger partial charge < -0.3 is 9.80 Å². The highest BCUT2D eigenvalue weighted by atomic mass is 32.2. The Morgan fingerprint density at radius 2 is 1.61 bits per heavy atom. The molecule has 0 saturated carbocycles. The average molecular weight is 403 g/mol. The third-order valence-electron chi connectivity index (χ3n) is 5.83. The van der Waals surface area contributed by atoms with Crippen LogP contribution in [0, 0.1) is 0 Å². The van der Waals surface area contributed by atoms with Gasteiger partial charge in [0, 0.05) is 11.4 Å². The molecule has 0 radical (unpaired) electrons. The first-order chi connectivity index (χ1) is 13.4. The number of likely N-dealkylation sites (N-methyl/N-ethyl adjacent to an activating group) is 1. The Kier molecular flexibility index (Phi) is 6.62. The lowest BCUT2D eigenvalue weighted by Crippen LogP contribution is -3.14. The first-order valence-corrected chi connectivity index (χ1v) is 11.7. The zero-order valence-corrected chi connectivity index (χ0v) is 17.9. The maximum absolute atomic E-state index is 12.7. The molecule has 2 aromatic carbocycles. The molecule has 0 spiro atoms. The van der Waals surface area contributed by atoms with E-state index in [1.165, 1.54) is 6.54 Å². The topological polar surface area (TPSA) is 53.9 Å². The van der Waals surface area contributed by atoms with Crippen LogP contribution in [0.4, 0.5) is 11.4 Å². The smallest absolute Gasteiger partial charge is 0.261 e. The van der Waals surface area contributed by atoms with Gasteiger partial charge in [0.15, 0.2) is 0 Å². The van der Waals surface area contributed by atoms with Gasteiger partial charge in [0.05, 0.1) is 37.6 Å². The predicted molar refractivity (Wildman–Crippen MR) is 116 cm³/mol. The van der Waals surface area contributed by atoms with E-state index in [0.29, 0.717) is 16.5 Å². The fourth-order valence-corrected chi connectivity index (χ4v) is 4.66. The van der Waals surface area contributed by atoms with E-state index in [4.69, 9.17) is 0 Å². The minimum atomic E-state index is -3.58. The van der Waals surface area contributed by atoms with Crippen LogP contribution in [-0.2, 0) is 10.0 Å². The van der Waals surface area contributed by atoms with Crippen molar-refractivity contribution in [3.63, 3.8) is 0 Å². The van der Waals surface area contributed by atoms with Gasteiger partial charge in [0.1, 0.15) is 0 Å². The van der Waals surface area contributed by atoms with Crippen LogP contribution >= 0.6 is 0 Å². The van der Waals surface area contributed by atoms with Crippen molar-refractivity contribution in [3.8, 4) is 0 Å². The minimum Gasteiger partial charge on any atom is -0.360 e. The van der Waals surface area contributed by atoms with E-state index in [0.717, 1.165) is 43.9 Å². The summed E-state index contributed by atoms with van der Waals surface area (Å²) in [7, 11) is -3.58. The second-order valence-corrected chi connectivity index (χ2v) is 9.30. The number of quaternary nitrogens is 1. The molecule has 0 aromatic heterocycles. The molecule has 1 fully saturated rings. The largest absolute Gasteiger partial charge is 0.360 e. The van der Waals surface area contributed by atoms with Crippen molar-refractivity contribution in [2.75, 3.05) is 42.3 Å². The Balaban J connectivity index is 1.66. The molecule has 1 aliphatic rings. The van der Waals surface area contributed by atoms with Gasteiger partial charge in [0.25, 0.3) is 10.0 Å². The highest BCUT2D eigenvalue weighted by molar-refractivity contribution is 7.92. The molecule has 0 amide bonds. The van der Waals surface area contributed by atoms with E-state index in [2.05, 4.69) is 30.4 Å². The van der Waals surface area contributed by atoms with Crippen LogP contribution in [0.3, 0.4) is 0 Å². The summed E-state index contributed by atoms with van der Waals surface area (Å²) < 4.78 is 28.1. The van der Waals surface area contributed by atoms with Gasteiger partial charge in [-0.15, -0.1) is 0 Å². The second-order valence-electron chi connectivity index (χ2n) is 7.62. The van der Waals surface area contributed by atoms with Crippen molar-refractivity contribution in [3.05, 3.63) is 54.1 Å². The number of hydrogen-bond donors (Lipinski definition) is 2. The number of piperazine rings is 1. The molecule has 5 nitrogen and oxygen atoms in total. The highest BCUT2D eigenvalue weighted by Crippen LogP contribution is 2.23. The fourth-order valence-electron chi connectivity index (χ4n) is 3.60. The molecule has 0 bridgehead atoms. The molecule has 152 valence electrons. The Morgan fingerprint density at radius 3 is 2.14 bits per heavy atom. The maximum atomic E-state index is 12.7. The van der Waals surface area contributed by atoms with Gasteiger partial charge in [-0.2, -0.15) is 0 Å². The summed E-state index contributed by atoms with van der Waals surface area (Å²) in [6, 6.07) is 14.9. The van der Waals surface area contributed by atoms with Gasteiger partial charge in [-0.1, -0.05) is 26.0 Å². The highest BCUT2D eigenvalue weighted by Gasteiger charge is 2.19. The summed E-state index contributed by atoms with van der Waals surface area (Å²) in [5.41, 5.74) is 2.90. The Bertz CT molecular complexity index is 856. The predicted octanol–water partition coefficient (Wildman–Crippen LogP) is 2.73. The number of nitrogens with one attached hydrogen (secondary N) is 2. The van der Waals surface area contributed by atoms with Crippen LogP contribution in [0.2, 0.25) is 0 Å². The van der Waals surface area contributed by atoms with Crippen LogP contribution in [0.15, 0.2) is 53.4 Å². The van der Waals surface area contributed by atoms with Crippen LogP contribution in [0.1, 0.15) is 38.7 Å². The standard InChI is InChI=1S/C22H31N3O2S/c1-4-18(3)19-6-12-22(13-7-19)28(26,27)23-20-8-10-21(11-9-20)25-16-14-24(5-2)15-17-25/h6-13,18,23H,4-5,14-17H2,1-3H3/p+1/t18-/m0/s1. The van der Waals surface area contributed by atoms with E-state index >= 15 is 0 Å². The van der Waals surface area contributed by atoms with Crippen molar-refractivity contribution < 1.29 is 13.3 Å². The quantitative estimate of drug-likeness (QED) is 0.749. The molecular formula is C22H32N3O2S+. The Labute approximate surface area is 169 Å². The maximum Gasteiger partial charge on any atom is 0.261 e. The van der Waals surface area contributed by atoms with E-state index in [9.17, 15) is 8.42 Å². The molecular weight excluding hydrogens is 370 g/mol. The van der Waals surface area contributed by atoms with Crippen molar-refractivity contribution in [1.29, 1.82) is 0 Å². The van der Waals surface area contributed by atoms with Crippen molar-refractivity contribution in [1.82, 2.24) is 0 Å². The normalized spacial score (nSPS) is 16.8. The molecule has 2 aromatic rings. The van der Waals surface area contributed by atoms with Gasteiger partial charge in [-0.3, -0.25) is 4.72 Å². The lowest BCUT2D eigenvalue weighted by atomic mass is 9.99. The lowest BCUT2D eigenvalue weighted by molar-refractivity contribution is -0.898. The average Bonchev–Trinajstić information content (AvgIpc) is 2.73. The molecule has 6 heteroatoms. The molecule has 3 rings (SSSR count). The van der Waals surface area contributed by atoms with Gasteiger partial charge in [-0.25, -0.2) is 8.42 Å². The van der Waals surface area contributed by atoms with E-state index in [1.54, 1.807) is 17.0 Å². The van der Waals surface area contributed by atoms with Crippen molar-refractivity contribution >= 4 is 21.4 Å². The molecule has 1 atom stereocenters. The molecule has 1 heterocycles. The molecule has 2 N–H and O–H groups in total. The zero-order valence-electron chi connectivity index (χ0n) is 17.1. The van der Waals surface area contributed by atoms with Crippen molar-refractivity contribution in [2.24, 2.45) is 0 Å². The van der Waals surface area contributed by atoms with Crippen LogP contribution < -0.4 is 14.5 Å². The van der Waals surface area contributed by atoms with Gasteiger partial charge in [-0.05, 0) is 61.2 Å². The first-order valence-electron chi connectivity index (χ1n) is 10.2. The molecule has 28 heavy (non-hydrogen) atoms. The SMILES string of the molecule is CC[C@H](C)c1ccc(S(=O)(=O)Nc2ccc(N3CC[NH+](CC)CC3)cc2)cc1. The van der Waals surface area contributed by atoms with E-state index in [-0.39, 0.29) is 0 Å². The first kappa shape index (κ1) is 20.7. The van der Waals surface area contributed by atoms with E-state index < -0.39 is 10.0 Å². The number of anilines is 2. The monoisotopic (exact) mass is 402 g/mol. The lowest BCUT2D eigenvalue weighted by Gasteiger charge is -2.33. The summed E-state index contributed by atoms with van der Waals surface area (Å²) in [5.74, 6) is 0.429.